The summed E-state index contributed by atoms with van der Waals surface area (Å²) in [5.41, 5.74) is 1.23. The van der Waals surface area contributed by atoms with Crippen LogP contribution in [0.4, 0.5) is 5.13 Å². The highest BCUT2D eigenvalue weighted by Crippen LogP contribution is 2.39. The molecule has 4 heteroatoms. The number of anilines is 1. The quantitative estimate of drug-likeness (QED) is 0.740. The molecule has 3 rings (SSSR count). The van der Waals surface area contributed by atoms with Gasteiger partial charge in [0.15, 0.2) is 5.13 Å². The van der Waals surface area contributed by atoms with Crippen LogP contribution in [0, 0.1) is 12.8 Å². The van der Waals surface area contributed by atoms with Gasteiger partial charge in [0.25, 0.3) is 0 Å². The van der Waals surface area contributed by atoms with Gasteiger partial charge in [-0.1, -0.05) is 6.92 Å². The van der Waals surface area contributed by atoms with Crippen molar-refractivity contribution in [3.63, 3.8) is 0 Å². The third-order valence-corrected chi connectivity index (χ3v) is 5.17. The van der Waals surface area contributed by atoms with E-state index in [2.05, 4.69) is 24.1 Å². The summed E-state index contributed by atoms with van der Waals surface area (Å²) in [6.45, 7) is 7.70. The number of nitrogens with one attached hydrogen (secondary N) is 1. The molecule has 0 bridgehead atoms. The minimum Gasteiger partial charge on any atom is -0.345 e. The maximum atomic E-state index is 4.84. The van der Waals surface area contributed by atoms with Crippen LogP contribution in [0.15, 0.2) is 0 Å². The summed E-state index contributed by atoms with van der Waals surface area (Å²) in [6.07, 6.45) is 6.79. The van der Waals surface area contributed by atoms with Gasteiger partial charge < -0.3 is 10.2 Å². The zero-order valence-corrected chi connectivity index (χ0v) is 12.9. The third kappa shape index (κ3) is 3.48. The van der Waals surface area contributed by atoms with E-state index in [9.17, 15) is 0 Å². The van der Waals surface area contributed by atoms with Gasteiger partial charge in [0.1, 0.15) is 0 Å². The number of hydrogen-bond donors (Lipinski definition) is 1. The van der Waals surface area contributed by atoms with Crippen LogP contribution in [0.5, 0.6) is 0 Å². The van der Waals surface area contributed by atoms with Gasteiger partial charge in [-0.15, -0.1) is 11.3 Å². The lowest BCUT2D eigenvalue weighted by Crippen LogP contribution is -2.27. The predicted octanol–water partition coefficient (Wildman–Crippen LogP) is 3.33. The maximum absolute atomic E-state index is 4.84. The summed E-state index contributed by atoms with van der Waals surface area (Å²) in [4.78, 5) is 8.85. The number of aryl methyl sites for hydroxylation is 1. The summed E-state index contributed by atoms with van der Waals surface area (Å²) >= 11 is 1.91. The highest BCUT2D eigenvalue weighted by Gasteiger charge is 2.35. The van der Waals surface area contributed by atoms with E-state index in [0.29, 0.717) is 0 Å². The zero-order chi connectivity index (χ0) is 13.2. The minimum atomic E-state index is 0.794. The Kier molecular flexibility index (Phi) is 4.08. The lowest BCUT2D eigenvalue weighted by Gasteiger charge is -2.21. The SMILES string of the molecule is CCCNCc1sc(N(CC2CC2)C2CC2)nc1C. The summed E-state index contributed by atoms with van der Waals surface area (Å²) in [6, 6.07) is 0.794. The van der Waals surface area contributed by atoms with E-state index in [1.165, 1.54) is 54.4 Å². The number of nitrogens with zero attached hydrogens (tertiary/aromatic N) is 2. The standard InChI is InChI=1S/C15H25N3S/c1-3-8-16-9-14-11(2)17-15(19-14)18(13-6-7-13)10-12-4-5-12/h12-13,16H,3-10H2,1-2H3. The highest BCUT2D eigenvalue weighted by atomic mass is 32.1. The summed E-state index contributed by atoms with van der Waals surface area (Å²) < 4.78 is 0. The normalized spacial score (nSPS) is 18.8. The van der Waals surface area contributed by atoms with E-state index < -0.39 is 0 Å². The molecule has 0 spiro atoms. The molecule has 0 atom stereocenters. The molecule has 3 nitrogen and oxygen atoms in total. The van der Waals surface area contributed by atoms with E-state index >= 15 is 0 Å². The Morgan fingerprint density at radius 1 is 1.32 bits per heavy atom. The van der Waals surface area contributed by atoms with E-state index in [1.54, 1.807) is 0 Å². The van der Waals surface area contributed by atoms with Gasteiger partial charge in [0.2, 0.25) is 0 Å². The van der Waals surface area contributed by atoms with Crippen LogP contribution in [-0.2, 0) is 6.54 Å². The molecular weight excluding hydrogens is 254 g/mol. The molecule has 1 aromatic rings. The van der Waals surface area contributed by atoms with Crippen molar-refractivity contribution in [1.29, 1.82) is 0 Å². The summed E-state index contributed by atoms with van der Waals surface area (Å²) in [5.74, 6) is 0.950. The Morgan fingerprint density at radius 3 is 2.74 bits per heavy atom. The first-order valence-electron chi connectivity index (χ1n) is 7.71. The van der Waals surface area contributed by atoms with Gasteiger partial charge in [-0.2, -0.15) is 0 Å². The van der Waals surface area contributed by atoms with E-state index in [-0.39, 0.29) is 0 Å². The molecule has 2 fully saturated rings. The second-order valence-corrected chi connectivity index (χ2v) is 7.07. The largest absolute Gasteiger partial charge is 0.345 e. The van der Waals surface area contributed by atoms with Crippen molar-refractivity contribution in [3.05, 3.63) is 10.6 Å². The van der Waals surface area contributed by atoms with Crippen molar-refractivity contribution in [2.75, 3.05) is 18.0 Å². The van der Waals surface area contributed by atoms with Crippen molar-refractivity contribution in [3.8, 4) is 0 Å². The van der Waals surface area contributed by atoms with Crippen molar-refractivity contribution < 1.29 is 0 Å². The number of aromatic nitrogens is 1. The van der Waals surface area contributed by atoms with Crippen LogP contribution in [0.1, 0.15) is 49.6 Å². The van der Waals surface area contributed by atoms with Gasteiger partial charge in [0.05, 0.1) is 5.69 Å². The molecule has 0 aromatic carbocycles. The minimum absolute atomic E-state index is 0.794. The fourth-order valence-electron chi connectivity index (χ4n) is 2.43. The van der Waals surface area contributed by atoms with Gasteiger partial charge in [-0.05, 0) is 51.5 Å². The Morgan fingerprint density at radius 2 is 2.11 bits per heavy atom. The fraction of sp³-hybridized carbons (Fsp3) is 0.800. The number of rotatable bonds is 8. The average molecular weight is 279 g/mol. The van der Waals surface area contributed by atoms with E-state index in [1.807, 2.05) is 11.3 Å². The smallest absolute Gasteiger partial charge is 0.186 e. The topological polar surface area (TPSA) is 28.2 Å². The number of hydrogen-bond acceptors (Lipinski definition) is 4. The highest BCUT2D eigenvalue weighted by molar-refractivity contribution is 7.15. The molecular formula is C15H25N3S. The zero-order valence-electron chi connectivity index (χ0n) is 12.1. The molecule has 0 amide bonds. The number of thiazole rings is 1. The Labute approximate surface area is 120 Å². The molecule has 1 N–H and O–H groups in total. The van der Waals surface area contributed by atoms with Gasteiger partial charge in [-0.3, -0.25) is 0 Å². The molecule has 0 aliphatic heterocycles. The molecule has 1 aromatic heterocycles. The van der Waals surface area contributed by atoms with Crippen LogP contribution >= 0.6 is 11.3 Å². The molecule has 0 radical (unpaired) electrons. The van der Waals surface area contributed by atoms with Crippen LogP contribution in [-0.4, -0.2) is 24.1 Å². The molecule has 2 aliphatic rings. The lowest BCUT2D eigenvalue weighted by molar-refractivity contribution is 0.678. The Balaban J connectivity index is 1.66. The van der Waals surface area contributed by atoms with Gasteiger partial charge >= 0.3 is 0 Å². The van der Waals surface area contributed by atoms with Crippen molar-refractivity contribution >= 4 is 16.5 Å². The monoisotopic (exact) mass is 279 g/mol. The molecule has 1 heterocycles. The first-order chi connectivity index (χ1) is 9.28. The van der Waals surface area contributed by atoms with Crippen LogP contribution < -0.4 is 10.2 Å². The maximum Gasteiger partial charge on any atom is 0.186 e. The molecule has 2 aliphatic carbocycles. The molecule has 2 saturated carbocycles. The first-order valence-corrected chi connectivity index (χ1v) is 8.53. The van der Waals surface area contributed by atoms with Crippen molar-refractivity contribution in [2.24, 2.45) is 5.92 Å². The fourth-order valence-corrected chi connectivity index (χ4v) is 3.54. The van der Waals surface area contributed by atoms with Crippen LogP contribution in [0.2, 0.25) is 0 Å². The second kappa shape index (κ2) is 5.80. The Hall–Kier alpha value is -0.610. The van der Waals surface area contributed by atoms with Gasteiger partial charge in [0, 0.05) is 24.0 Å². The molecule has 19 heavy (non-hydrogen) atoms. The third-order valence-electron chi connectivity index (χ3n) is 3.98. The summed E-state index contributed by atoms with van der Waals surface area (Å²) in [5, 5.41) is 4.77. The van der Waals surface area contributed by atoms with E-state index in [4.69, 9.17) is 4.98 Å². The average Bonchev–Trinajstić information content (AvgIpc) is 3.28. The lowest BCUT2D eigenvalue weighted by atomic mass is 10.3. The van der Waals surface area contributed by atoms with Crippen LogP contribution in [0.25, 0.3) is 0 Å². The first kappa shape index (κ1) is 13.4. The molecule has 0 saturated heterocycles. The van der Waals surface area contributed by atoms with Crippen LogP contribution in [0.3, 0.4) is 0 Å². The molecule has 0 unspecified atom stereocenters. The Bertz CT molecular complexity index is 421. The predicted molar refractivity (Wildman–Crippen MR) is 81.9 cm³/mol. The van der Waals surface area contributed by atoms with Crippen molar-refractivity contribution in [1.82, 2.24) is 10.3 Å². The molecule has 106 valence electrons. The van der Waals surface area contributed by atoms with E-state index in [0.717, 1.165) is 25.0 Å². The van der Waals surface area contributed by atoms with Crippen molar-refractivity contribution in [2.45, 2.75) is 58.5 Å². The second-order valence-electron chi connectivity index (χ2n) is 6.01. The van der Waals surface area contributed by atoms with Gasteiger partial charge in [-0.25, -0.2) is 4.98 Å². The summed E-state index contributed by atoms with van der Waals surface area (Å²) in [7, 11) is 0.